The highest BCUT2D eigenvalue weighted by Crippen LogP contribution is 2.18. The van der Waals surface area contributed by atoms with Crippen LogP contribution >= 0.6 is 15.9 Å². The van der Waals surface area contributed by atoms with E-state index in [0.717, 1.165) is 21.4 Å². The van der Waals surface area contributed by atoms with Crippen LogP contribution in [0.1, 0.15) is 11.1 Å². The molecule has 6 nitrogen and oxygen atoms in total. The first-order chi connectivity index (χ1) is 13.5. The summed E-state index contributed by atoms with van der Waals surface area (Å²) in [5.41, 5.74) is 4.56. The molecule has 142 valence electrons. The Balaban J connectivity index is 0.000000162. The highest BCUT2D eigenvalue weighted by molar-refractivity contribution is 9.10. The van der Waals surface area contributed by atoms with Gasteiger partial charge in [0.1, 0.15) is 0 Å². The molecule has 0 aliphatic rings. The predicted molar refractivity (Wildman–Crippen MR) is 114 cm³/mol. The number of nitrogens with zero attached hydrogens (tertiary/aromatic N) is 4. The van der Waals surface area contributed by atoms with Gasteiger partial charge in [-0.25, -0.2) is 9.36 Å². The number of halogens is 1. The van der Waals surface area contributed by atoms with E-state index < -0.39 is 7.12 Å². The van der Waals surface area contributed by atoms with E-state index in [-0.39, 0.29) is 0 Å². The molecule has 0 fully saturated rings. The van der Waals surface area contributed by atoms with E-state index in [0.29, 0.717) is 5.46 Å². The zero-order valence-electron chi connectivity index (χ0n) is 15.6. The maximum atomic E-state index is 9.06. The van der Waals surface area contributed by atoms with Crippen molar-refractivity contribution in [3.05, 3.63) is 88.9 Å². The minimum Gasteiger partial charge on any atom is -0.423 e. The Labute approximate surface area is 172 Å². The molecule has 0 aliphatic carbocycles. The van der Waals surface area contributed by atoms with E-state index in [2.05, 4.69) is 39.1 Å². The first-order valence-electron chi connectivity index (χ1n) is 8.68. The Morgan fingerprint density at radius 3 is 1.79 bits per heavy atom. The molecular weight excluding hydrogens is 419 g/mol. The third kappa shape index (κ3) is 4.78. The van der Waals surface area contributed by atoms with Gasteiger partial charge in [-0.15, -0.1) is 0 Å². The van der Waals surface area contributed by atoms with Gasteiger partial charge in [0.05, 0.1) is 11.4 Å². The van der Waals surface area contributed by atoms with Crippen molar-refractivity contribution in [3.63, 3.8) is 0 Å². The molecule has 8 heteroatoms. The molecule has 2 N–H and O–H groups in total. The second-order valence-corrected chi connectivity index (χ2v) is 7.10. The lowest BCUT2D eigenvalue weighted by Gasteiger charge is -2.07. The molecule has 2 aromatic carbocycles. The fraction of sp³-hybridized carbons (Fsp3) is 0.100. The van der Waals surface area contributed by atoms with Crippen LogP contribution in [-0.2, 0) is 0 Å². The van der Waals surface area contributed by atoms with Crippen molar-refractivity contribution in [1.82, 2.24) is 19.6 Å². The zero-order chi connectivity index (χ0) is 20.1. The Morgan fingerprint density at radius 2 is 1.36 bits per heavy atom. The van der Waals surface area contributed by atoms with Crippen LogP contribution in [0.5, 0.6) is 0 Å². The third-order valence-corrected chi connectivity index (χ3v) is 5.10. The van der Waals surface area contributed by atoms with Crippen molar-refractivity contribution in [2.75, 3.05) is 0 Å². The van der Waals surface area contributed by atoms with E-state index in [1.807, 2.05) is 54.3 Å². The van der Waals surface area contributed by atoms with Gasteiger partial charge in [0.25, 0.3) is 0 Å². The number of aromatic nitrogens is 4. The summed E-state index contributed by atoms with van der Waals surface area (Å²) in [5.74, 6) is 0. The number of hydrogen-bond acceptors (Lipinski definition) is 4. The minimum absolute atomic E-state index is 0.519. The molecule has 0 radical (unpaired) electrons. The lowest BCUT2D eigenvalue weighted by atomic mass is 9.77. The van der Waals surface area contributed by atoms with Gasteiger partial charge in [0.15, 0.2) is 0 Å². The fourth-order valence-electron chi connectivity index (χ4n) is 2.71. The molecular formula is C20H20BBrN4O2. The van der Waals surface area contributed by atoms with Gasteiger partial charge >= 0.3 is 7.12 Å². The molecule has 0 saturated carbocycles. The minimum atomic E-state index is -1.42. The molecule has 2 aromatic heterocycles. The van der Waals surface area contributed by atoms with Crippen molar-refractivity contribution in [3.8, 4) is 11.4 Å². The molecule has 28 heavy (non-hydrogen) atoms. The van der Waals surface area contributed by atoms with Crippen molar-refractivity contribution in [2.24, 2.45) is 0 Å². The second-order valence-electron chi connectivity index (χ2n) is 6.25. The number of rotatable bonds is 3. The summed E-state index contributed by atoms with van der Waals surface area (Å²) in [7, 11) is -1.42. The highest BCUT2D eigenvalue weighted by Gasteiger charge is 2.13. The van der Waals surface area contributed by atoms with E-state index in [1.54, 1.807) is 29.2 Å². The summed E-state index contributed by atoms with van der Waals surface area (Å²) in [5, 5.41) is 26.4. The Kier molecular flexibility index (Phi) is 6.46. The molecule has 0 bridgehead atoms. The van der Waals surface area contributed by atoms with Gasteiger partial charge in [-0.1, -0.05) is 22.0 Å². The molecule has 0 atom stereocenters. The molecule has 2 heterocycles. The van der Waals surface area contributed by atoms with Gasteiger partial charge in [-0.05, 0) is 72.9 Å². The maximum Gasteiger partial charge on any atom is 0.488 e. The van der Waals surface area contributed by atoms with Crippen LogP contribution < -0.4 is 5.46 Å². The molecule has 0 aliphatic heterocycles. The largest absolute Gasteiger partial charge is 0.488 e. The lowest BCUT2D eigenvalue weighted by Crippen LogP contribution is -2.32. The number of hydrogen-bond donors (Lipinski definition) is 2. The lowest BCUT2D eigenvalue weighted by molar-refractivity contribution is 0.425. The summed E-state index contributed by atoms with van der Waals surface area (Å²) in [6, 6.07) is 15.3. The summed E-state index contributed by atoms with van der Waals surface area (Å²) >= 11 is 3.46. The van der Waals surface area contributed by atoms with E-state index >= 15 is 0 Å². The summed E-state index contributed by atoms with van der Waals surface area (Å²) in [6.07, 6.45) is 7.24. The van der Waals surface area contributed by atoms with Gasteiger partial charge in [0.2, 0.25) is 0 Å². The normalized spacial score (nSPS) is 10.3. The first-order valence-corrected chi connectivity index (χ1v) is 9.48. The fourth-order valence-corrected chi connectivity index (χ4v) is 2.95. The molecule has 4 rings (SSSR count). The van der Waals surface area contributed by atoms with Crippen LogP contribution in [0.25, 0.3) is 11.4 Å². The average Bonchev–Trinajstić information content (AvgIpc) is 3.38. The van der Waals surface area contributed by atoms with Gasteiger partial charge in [0, 0.05) is 29.3 Å². The van der Waals surface area contributed by atoms with Gasteiger partial charge in [-0.3, -0.25) is 0 Å². The summed E-state index contributed by atoms with van der Waals surface area (Å²) in [4.78, 5) is 0. The quantitative estimate of drug-likeness (QED) is 0.482. The standard InChI is InChI=1S/C10H11BN2O2.C10H9BrN2/c1-8-7-9(13-6-2-5-12-13)3-4-10(8)11(14)15;1-8-7-9(3-4-10(8)11)13-6-2-5-12-13/h2-7,14-15H,1H3;2-7H,1H3. The van der Waals surface area contributed by atoms with Crippen LogP contribution in [0, 0.1) is 13.8 Å². The monoisotopic (exact) mass is 438 g/mol. The van der Waals surface area contributed by atoms with Crippen molar-refractivity contribution in [2.45, 2.75) is 13.8 Å². The maximum absolute atomic E-state index is 9.06. The van der Waals surface area contributed by atoms with E-state index in [4.69, 9.17) is 10.0 Å². The molecule has 0 spiro atoms. The zero-order valence-corrected chi connectivity index (χ0v) is 17.2. The van der Waals surface area contributed by atoms with Crippen molar-refractivity contribution < 1.29 is 10.0 Å². The topological polar surface area (TPSA) is 76.1 Å². The molecule has 0 unspecified atom stereocenters. The molecule has 0 amide bonds. The van der Waals surface area contributed by atoms with Gasteiger partial charge in [-0.2, -0.15) is 10.2 Å². The van der Waals surface area contributed by atoms with Crippen LogP contribution in [-0.4, -0.2) is 36.7 Å². The predicted octanol–water partition coefficient (Wildman–Crippen LogP) is 2.80. The number of benzene rings is 2. The van der Waals surface area contributed by atoms with E-state index in [9.17, 15) is 0 Å². The Bertz CT molecular complexity index is 1030. The van der Waals surface area contributed by atoms with Crippen LogP contribution in [0.4, 0.5) is 0 Å². The van der Waals surface area contributed by atoms with Crippen molar-refractivity contribution in [1.29, 1.82) is 0 Å². The third-order valence-electron chi connectivity index (χ3n) is 4.21. The average molecular weight is 439 g/mol. The Morgan fingerprint density at radius 1 is 0.821 bits per heavy atom. The van der Waals surface area contributed by atoms with Crippen LogP contribution in [0.15, 0.2) is 77.8 Å². The highest BCUT2D eigenvalue weighted by atomic mass is 79.9. The Hall–Kier alpha value is -2.68. The molecule has 4 aromatic rings. The summed E-state index contributed by atoms with van der Waals surface area (Å²) in [6.45, 7) is 3.90. The SMILES string of the molecule is Cc1cc(-n2cccn2)ccc1B(O)O.Cc1cc(-n2cccn2)ccc1Br. The smallest absolute Gasteiger partial charge is 0.423 e. The van der Waals surface area contributed by atoms with E-state index in [1.165, 1.54) is 5.56 Å². The number of aryl methyl sites for hydroxylation is 2. The van der Waals surface area contributed by atoms with Gasteiger partial charge < -0.3 is 10.0 Å². The van der Waals surface area contributed by atoms with Crippen LogP contribution in [0.2, 0.25) is 0 Å². The first kappa shape index (κ1) is 20.1. The van der Waals surface area contributed by atoms with Crippen molar-refractivity contribution >= 4 is 28.5 Å². The van der Waals surface area contributed by atoms with Crippen LogP contribution in [0.3, 0.4) is 0 Å². The second kappa shape index (κ2) is 9.01. The molecule has 0 saturated heterocycles. The summed E-state index contributed by atoms with van der Waals surface area (Å²) < 4.78 is 4.70.